The number of hydrogen-bond acceptors (Lipinski definition) is 6. The van der Waals surface area contributed by atoms with Crippen LogP contribution in [0.4, 0.5) is 11.4 Å². The molecule has 0 aromatic heterocycles. The Hall–Kier alpha value is -3.75. The lowest BCUT2D eigenvalue weighted by atomic mass is 10.1. The van der Waals surface area contributed by atoms with Gasteiger partial charge in [0.15, 0.2) is 0 Å². The number of rotatable bonds is 7. The van der Waals surface area contributed by atoms with E-state index in [2.05, 4.69) is 11.4 Å². The standard InChI is InChI=1S/C26H27N3O5/c1-33-17-24(30)28-15-21(27-14-18-11-12-19-7-3-4-8-20(19)13-18)26(32)29(16-25(31)34-2)23-10-6-5-9-22(23)28/h3-13,21,27H,14-17H2,1-2H3/t21-/m0/s1. The molecule has 1 N–H and O–H groups in total. The number of nitrogens with one attached hydrogen (secondary N) is 1. The third-order valence-corrected chi connectivity index (χ3v) is 5.84. The van der Waals surface area contributed by atoms with E-state index in [-0.39, 0.29) is 31.5 Å². The van der Waals surface area contributed by atoms with Crippen molar-refractivity contribution in [2.45, 2.75) is 12.6 Å². The van der Waals surface area contributed by atoms with E-state index in [1.54, 1.807) is 24.3 Å². The summed E-state index contributed by atoms with van der Waals surface area (Å²) in [6.45, 7) is 0.128. The fourth-order valence-corrected chi connectivity index (χ4v) is 4.12. The van der Waals surface area contributed by atoms with Gasteiger partial charge in [-0.25, -0.2) is 0 Å². The minimum absolute atomic E-state index is 0.100. The van der Waals surface area contributed by atoms with Gasteiger partial charge in [-0.15, -0.1) is 0 Å². The first kappa shape index (κ1) is 23.4. The van der Waals surface area contributed by atoms with Crippen molar-refractivity contribution in [2.24, 2.45) is 0 Å². The number of para-hydroxylation sites is 2. The van der Waals surface area contributed by atoms with Gasteiger partial charge in [0.05, 0.1) is 25.0 Å². The summed E-state index contributed by atoms with van der Waals surface area (Å²) >= 11 is 0. The highest BCUT2D eigenvalue weighted by molar-refractivity contribution is 6.09. The summed E-state index contributed by atoms with van der Waals surface area (Å²) in [5.74, 6) is -1.14. The second kappa shape index (κ2) is 10.5. The molecule has 8 heteroatoms. The molecule has 4 rings (SSSR count). The van der Waals surface area contributed by atoms with Crippen molar-refractivity contribution >= 4 is 39.9 Å². The third-order valence-electron chi connectivity index (χ3n) is 5.84. The average Bonchev–Trinajstić information content (AvgIpc) is 2.97. The first-order valence-corrected chi connectivity index (χ1v) is 11.0. The van der Waals surface area contributed by atoms with Crippen molar-refractivity contribution in [2.75, 3.05) is 43.7 Å². The molecule has 0 bridgehead atoms. The van der Waals surface area contributed by atoms with Gasteiger partial charge in [0, 0.05) is 13.7 Å². The van der Waals surface area contributed by atoms with Gasteiger partial charge in [0.2, 0.25) is 5.91 Å². The lowest BCUT2D eigenvalue weighted by Crippen LogP contribution is -2.52. The number of nitrogens with zero attached hydrogens (tertiary/aromatic N) is 2. The van der Waals surface area contributed by atoms with E-state index in [1.807, 2.05) is 36.4 Å². The van der Waals surface area contributed by atoms with Crippen molar-refractivity contribution < 1.29 is 23.9 Å². The molecule has 0 aliphatic carbocycles. The van der Waals surface area contributed by atoms with Crippen LogP contribution in [0.15, 0.2) is 66.7 Å². The van der Waals surface area contributed by atoms with Crippen molar-refractivity contribution in [3.8, 4) is 0 Å². The summed E-state index contributed by atoms with van der Waals surface area (Å²) in [4.78, 5) is 41.6. The first-order chi connectivity index (χ1) is 16.5. The number of anilines is 2. The highest BCUT2D eigenvalue weighted by Gasteiger charge is 2.36. The van der Waals surface area contributed by atoms with E-state index in [4.69, 9.17) is 9.47 Å². The van der Waals surface area contributed by atoms with Crippen LogP contribution in [-0.4, -0.2) is 57.7 Å². The number of benzene rings is 3. The van der Waals surface area contributed by atoms with Crippen molar-refractivity contribution in [1.82, 2.24) is 5.32 Å². The number of carbonyl (C=O) groups excluding carboxylic acids is 3. The zero-order valence-electron chi connectivity index (χ0n) is 19.2. The summed E-state index contributed by atoms with van der Waals surface area (Å²) in [5, 5.41) is 5.53. The maximum Gasteiger partial charge on any atom is 0.325 e. The number of hydrogen-bond donors (Lipinski definition) is 1. The molecule has 0 saturated heterocycles. The summed E-state index contributed by atoms with van der Waals surface area (Å²) in [7, 11) is 2.73. The maximum atomic E-state index is 13.6. The van der Waals surface area contributed by atoms with Crippen LogP contribution in [0.25, 0.3) is 10.8 Å². The molecule has 8 nitrogen and oxygen atoms in total. The van der Waals surface area contributed by atoms with E-state index < -0.39 is 12.0 Å². The first-order valence-electron chi connectivity index (χ1n) is 11.0. The van der Waals surface area contributed by atoms with Crippen LogP contribution in [0, 0.1) is 0 Å². The lowest BCUT2D eigenvalue weighted by Gasteiger charge is -2.25. The lowest BCUT2D eigenvalue weighted by molar-refractivity contribution is -0.140. The number of amides is 2. The predicted octanol–water partition coefficient (Wildman–Crippen LogP) is 2.50. The zero-order valence-corrected chi connectivity index (χ0v) is 19.2. The molecular weight excluding hydrogens is 434 g/mol. The maximum absolute atomic E-state index is 13.6. The van der Waals surface area contributed by atoms with Crippen LogP contribution in [0.1, 0.15) is 5.56 Å². The second-order valence-corrected chi connectivity index (χ2v) is 8.04. The Balaban J connectivity index is 1.65. The third kappa shape index (κ3) is 4.93. The van der Waals surface area contributed by atoms with Crippen LogP contribution in [0.3, 0.4) is 0 Å². The molecule has 2 amide bonds. The minimum atomic E-state index is -0.746. The Bertz CT molecular complexity index is 1210. The van der Waals surface area contributed by atoms with Crippen molar-refractivity contribution in [3.05, 3.63) is 72.3 Å². The van der Waals surface area contributed by atoms with Crippen LogP contribution in [0.5, 0.6) is 0 Å². The van der Waals surface area contributed by atoms with Crippen molar-refractivity contribution in [1.29, 1.82) is 0 Å². The largest absolute Gasteiger partial charge is 0.468 e. The molecule has 0 radical (unpaired) electrons. The van der Waals surface area contributed by atoms with Crippen LogP contribution < -0.4 is 15.1 Å². The summed E-state index contributed by atoms with van der Waals surface area (Å²) in [6.07, 6.45) is 0. The Kier molecular flexibility index (Phi) is 7.20. The highest BCUT2D eigenvalue weighted by atomic mass is 16.5. The van der Waals surface area contributed by atoms with Gasteiger partial charge in [0.1, 0.15) is 19.2 Å². The molecule has 0 unspecified atom stereocenters. The molecule has 34 heavy (non-hydrogen) atoms. The Labute approximate surface area is 198 Å². The molecule has 1 atom stereocenters. The van der Waals surface area contributed by atoms with Gasteiger partial charge in [0.25, 0.3) is 5.91 Å². The van der Waals surface area contributed by atoms with Crippen LogP contribution in [0.2, 0.25) is 0 Å². The van der Waals surface area contributed by atoms with E-state index in [0.717, 1.165) is 16.3 Å². The fourth-order valence-electron chi connectivity index (χ4n) is 4.12. The number of ether oxygens (including phenoxy) is 2. The normalized spacial score (nSPS) is 15.7. The van der Waals surface area contributed by atoms with Gasteiger partial charge in [-0.3, -0.25) is 19.3 Å². The van der Waals surface area contributed by atoms with Crippen LogP contribution >= 0.6 is 0 Å². The highest BCUT2D eigenvalue weighted by Crippen LogP contribution is 2.33. The molecule has 3 aromatic carbocycles. The molecule has 0 spiro atoms. The molecule has 3 aromatic rings. The van der Waals surface area contributed by atoms with E-state index >= 15 is 0 Å². The average molecular weight is 462 g/mol. The Morgan fingerprint density at radius 2 is 1.68 bits per heavy atom. The molecule has 1 aliphatic rings. The fraction of sp³-hybridized carbons (Fsp3) is 0.269. The smallest absolute Gasteiger partial charge is 0.325 e. The SMILES string of the molecule is COCC(=O)N1C[C@H](NCc2ccc3ccccc3c2)C(=O)N(CC(=O)OC)c2ccccc21. The van der Waals surface area contributed by atoms with Gasteiger partial charge < -0.3 is 19.7 Å². The Morgan fingerprint density at radius 3 is 2.41 bits per heavy atom. The number of esters is 1. The molecule has 1 aliphatic heterocycles. The molecule has 0 saturated carbocycles. The van der Waals surface area contributed by atoms with Crippen LogP contribution in [-0.2, 0) is 30.4 Å². The number of fused-ring (bicyclic) bond motifs is 2. The van der Waals surface area contributed by atoms with E-state index in [0.29, 0.717) is 17.9 Å². The zero-order chi connectivity index (χ0) is 24.1. The monoisotopic (exact) mass is 461 g/mol. The van der Waals surface area contributed by atoms with E-state index in [9.17, 15) is 14.4 Å². The summed E-state index contributed by atoms with van der Waals surface area (Å²) in [6, 6.07) is 20.4. The topological polar surface area (TPSA) is 88.2 Å². The molecular formula is C26H27N3O5. The number of carbonyl (C=O) groups is 3. The van der Waals surface area contributed by atoms with Gasteiger partial charge in [-0.05, 0) is 34.5 Å². The molecule has 176 valence electrons. The quantitative estimate of drug-likeness (QED) is 0.544. The molecule has 0 fully saturated rings. The summed E-state index contributed by atoms with van der Waals surface area (Å²) in [5.41, 5.74) is 2.01. The van der Waals surface area contributed by atoms with Gasteiger partial charge in [-0.2, -0.15) is 0 Å². The van der Waals surface area contributed by atoms with Crippen molar-refractivity contribution in [3.63, 3.8) is 0 Å². The molecule has 1 heterocycles. The number of methoxy groups -OCH3 is 2. The van der Waals surface area contributed by atoms with E-state index in [1.165, 1.54) is 24.0 Å². The second-order valence-electron chi connectivity index (χ2n) is 8.04. The predicted molar refractivity (Wildman–Crippen MR) is 130 cm³/mol. The Morgan fingerprint density at radius 1 is 0.971 bits per heavy atom. The van der Waals surface area contributed by atoms with Gasteiger partial charge in [-0.1, -0.05) is 48.5 Å². The summed E-state index contributed by atoms with van der Waals surface area (Å²) < 4.78 is 9.89. The van der Waals surface area contributed by atoms with Gasteiger partial charge >= 0.3 is 5.97 Å². The minimum Gasteiger partial charge on any atom is -0.468 e.